The summed E-state index contributed by atoms with van der Waals surface area (Å²) in [5.41, 5.74) is 3.62. The summed E-state index contributed by atoms with van der Waals surface area (Å²) in [6.45, 7) is 6.81. The van der Waals surface area contributed by atoms with Crippen molar-refractivity contribution in [2.24, 2.45) is 10.9 Å². The second-order valence-electron chi connectivity index (χ2n) is 9.92. The van der Waals surface area contributed by atoms with E-state index in [1.165, 1.54) is 12.8 Å². The van der Waals surface area contributed by atoms with Gasteiger partial charge in [-0.15, -0.1) is 0 Å². The average Bonchev–Trinajstić information content (AvgIpc) is 3.63. The van der Waals surface area contributed by atoms with Gasteiger partial charge in [0.2, 0.25) is 0 Å². The molecule has 0 atom stereocenters. The van der Waals surface area contributed by atoms with Crippen LogP contribution in [0.15, 0.2) is 41.8 Å². The highest BCUT2D eigenvalue weighted by Gasteiger charge is 2.33. The van der Waals surface area contributed by atoms with Gasteiger partial charge in [-0.05, 0) is 63.6 Å². The van der Waals surface area contributed by atoms with Gasteiger partial charge < -0.3 is 19.7 Å². The second kappa shape index (κ2) is 10.2. The number of hydrogen-bond acceptors (Lipinski definition) is 7. The number of nitrogens with one attached hydrogen (secondary N) is 1. The molecule has 0 aromatic carbocycles. The summed E-state index contributed by atoms with van der Waals surface area (Å²) in [7, 11) is 1.75. The van der Waals surface area contributed by atoms with Crippen LogP contribution in [0.4, 0.5) is 10.6 Å². The molecule has 1 saturated heterocycles. The number of rotatable bonds is 8. The van der Waals surface area contributed by atoms with Crippen LogP contribution in [0.1, 0.15) is 45.1 Å². The van der Waals surface area contributed by atoms with Crippen LogP contribution in [0, 0.1) is 5.92 Å². The summed E-state index contributed by atoms with van der Waals surface area (Å²) in [6, 6.07) is 6.18. The van der Waals surface area contributed by atoms with Crippen molar-refractivity contribution >= 4 is 23.6 Å². The van der Waals surface area contributed by atoms with Crippen LogP contribution in [0.5, 0.6) is 5.75 Å². The lowest BCUT2D eigenvalue weighted by molar-refractivity contribution is 0.125. The van der Waals surface area contributed by atoms with E-state index in [2.05, 4.69) is 39.4 Å². The second-order valence-corrected chi connectivity index (χ2v) is 9.92. The van der Waals surface area contributed by atoms with E-state index >= 15 is 0 Å². The Hall–Kier alpha value is -3.62. The van der Waals surface area contributed by atoms with Gasteiger partial charge in [-0.3, -0.25) is 4.99 Å². The molecule has 1 N–H and O–H groups in total. The van der Waals surface area contributed by atoms with Crippen molar-refractivity contribution in [1.29, 1.82) is 0 Å². The lowest BCUT2D eigenvalue weighted by atomic mass is 9.90. The van der Waals surface area contributed by atoms with E-state index in [0.717, 1.165) is 59.7 Å². The highest BCUT2D eigenvalue weighted by Crippen LogP contribution is 2.32. The van der Waals surface area contributed by atoms with E-state index < -0.39 is 0 Å². The molecule has 1 aliphatic heterocycles. The summed E-state index contributed by atoms with van der Waals surface area (Å²) in [5.74, 6) is 2.25. The lowest BCUT2D eigenvalue weighted by Gasteiger charge is -2.40. The largest absolute Gasteiger partial charge is 0.492 e. The molecule has 5 rings (SSSR count). The average molecular weight is 491 g/mol. The molecular formula is C27H34N6O3. The highest BCUT2D eigenvalue weighted by molar-refractivity contribution is 5.96. The molecule has 9 heteroatoms. The van der Waals surface area contributed by atoms with Gasteiger partial charge in [0.05, 0.1) is 31.1 Å². The van der Waals surface area contributed by atoms with Crippen molar-refractivity contribution in [3.05, 3.63) is 42.4 Å². The zero-order chi connectivity index (χ0) is 25.1. The van der Waals surface area contributed by atoms with Crippen LogP contribution in [-0.2, 0) is 4.74 Å². The first-order chi connectivity index (χ1) is 17.5. The predicted molar refractivity (Wildman–Crippen MR) is 140 cm³/mol. The molecule has 0 unspecified atom stereocenters. The van der Waals surface area contributed by atoms with Crippen molar-refractivity contribution in [1.82, 2.24) is 19.9 Å². The minimum absolute atomic E-state index is 0.262. The first-order valence-corrected chi connectivity index (χ1v) is 12.7. The molecular weight excluding hydrogens is 456 g/mol. The maximum atomic E-state index is 12.2. The Morgan fingerprint density at radius 3 is 2.75 bits per heavy atom. The number of carbonyl (C=O) groups is 1. The molecule has 36 heavy (non-hydrogen) atoms. The SMILES string of the molecule is CCOc1cc(-c2ccc(N3CCC(C)(NC(=O)OCC4CC4)CC3)nc2)c2c(/C=N\C)cnn2c1. The molecule has 0 bridgehead atoms. The number of piperidine rings is 1. The Bertz CT molecular complexity index is 1240. The number of carbonyl (C=O) groups excluding carboxylic acids is 1. The van der Waals surface area contributed by atoms with Crippen LogP contribution in [-0.4, -0.2) is 65.8 Å². The monoisotopic (exact) mass is 490 g/mol. The third-order valence-corrected chi connectivity index (χ3v) is 6.99. The van der Waals surface area contributed by atoms with Gasteiger partial charge in [0.25, 0.3) is 0 Å². The molecule has 1 amide bonds. The number of ether oxygens (including phenoxy) is 2. The molecule has 3 aromatic heterocycles. The van der Waals surface area contributed by atoms with Gasteiger partial charge in [-0.25, -0.2) is 14.3 Å². The molecule has 1 aliphatic carbocycles. The van der Waals surface area contributed by atoms with Gasteiger partial charge in [0.1, 0.15) is 11.6 Å². The Morgan fingerprint density at radius 1 is 1.28 bits per heavy atom. The lowest BCUT2D eigenvalue weighted by Crippen LogP contribution is -2.53. The third kappa shape index (κ3) is 5.29. The van der Waals surface area contributed by atoms with E-state index in [-0.39, 0.29) is 11.6 Å². The zero-order valence-corrected chi connectivity index (χ0v) is 21.2. The Morgan fingerprint density at radius 2 is 2.08 bits per heavy atom. The molecule has 190 valence electrons. The van der Waals surface area contributed by atoms with E-state index in [1.54, 1.807) is 7.05 Å². The Kier molecular flexibility index (Phi) is 6.80. The minimum Gasteiger partial charge on any atom is -0.492 e. The number of aliphatic imine (C=N–C) groups is 1. The van der Waals surface area contributed by atoms with E-state index in [9.17, 15) is 4.79 Å². The van der Waals surface area contributed by atoms with Crippen molar-refractivity contribution in [2.75, 3.05) is 38.3 Å². The van der Waals surface area contributed by atoms with Gasteiger partial charge in [0.15, 0.2) is 0 Å². The van der Waals surface area contributed by atoms with Crippen LogP contribution >= 0.6 is 0 Å². The Labute approximate surface area is 211 Å². The fourth-order valence-corrected chi connectivity index (χ4v) is 4.67. The van der Waals surface area contributed by atoms with Crippen molar-refractivity contribution in [3.8, 4) is 16.9 Å². The first-order valence-electron chi connectivity index (χ1n) is 12.7. The molecule has 2 aliphatic rings. The number of hydrogen-bond donors (Lipinski definition) is 1. The quantitative estimate of drug-likeness (QED) is 0.472. The zero-order valence-electron chi connectivity index (χ0n) is 21.2. The number of amides is 1. The number of anilines is 1. The first kappa shape index (κ1) is 24.1. The van der Waals surface area contributed by atoms with E-state index in [4.69, 9.17) is 14.5 Å². The molecule has 0 radical (unpaired) electrons. The maximum Gasteiger partial charge on any atom is 0.407 e. The molecule has 1 saturated carbocycles. The fourth-order valence-electron chi connectivity index (χ4n) is 4.67. The summed E-state index contributed by atoms with van der Waals surface area (Å²) in [6.07, 6.45) is 11.1. The number of alkyl carbamates (subject to hydrolysis) is 1. The highest BCUT2D eigenvalue weighted by atomic mass is 16.5. The summed E-state index contributed by atoms with van der Waals surface area (Å²) >= 11 is 0. The van der Waals surface area contributed by atoms with Gasteiger partial charge in [-0.2, -0.15) is 5.10 Å². The van der Waals surface area contributed by atoms with Gasteiger partial charge >= 0.3 is 6.09 Å². The summed E-state index contributed by atoms with van der Waals surface area (Å²) in [4.78, 5) is 23.4. The van der Waals surface area contributed by atoms with Crippen LogP contribution in [0.3, 0.4) is 0 Å². The predicted octanol–water partition coefficient (Wildman–Crippen LogP) is 4.34. The normalized spacial score (nSPS) is 17.5. The number of aromatic nitrogens is 3. The smallest absolute Gasteiger partial charge is 0.407 e. The van der Waals surface area contributed by atoms with Crippen LogP contribution < -0.4 is 15.0 Å². The summed E-state index contributed by atoms with van der Waals surface area (Å²) < 4.78 is 13.0. The fraction of sp³-hybridized carbons (Fsp3) is 0.481. The van der Waals surface area contributed by atoms with E-state index in [0.29, 0.717) is 19.1 Å². The van der Waals surface area contributed by atoms with Gasteiger partial charge in [0, 0.05) is 54.8 Å². The van der Waals surface area contributed by atoms with Crippen molar-refractivity contribution in [2.45, 2.75) is 45.1 Å². The van der Waals surface area contributed by atoms with Crippen molar-refractivity contribution < 1.29 is 14.3 Å². The number of nitrogens with zero attached hydrogens (tertiary/aromatic N) is 5. The number of fused-ring (bicyclic) bond motifs is 1. The van der Waals surface area contributed by atoms with Crippen molar-refractivity contribution in [3.63, 3.8) is 0 Å². The van der Waals surface area contributed by atoms with Crippen LogP contribution in [0.25, 0.3) is 16.6 Å². The third-order valence-electron chi connectivity index (χ3n) is 6.99. The molecule has 3 aromatic rings. The molecule has 2 fully saturated rings. The number of pyridine rings is 2. The standard InChI is InChI=1S/C27H34N6O3/c1-4-35-22-13-23(25-21(14-28-3)16-30-33(25)17-22)20-7-8-24(29-15-20)32-11-9-27(2,10-12-32)31-26(34)36-18-19-5-6-19/h7-8,13-17,19H,4-6,9-12,18H2,1-3H3,(H,31,34)/b28-14-. The Balaban J connectivity index is 1.29. The van der Waals surface area contributed by atoms with Crippen LogP contribution in [0.2, 0.25) is 0 Å². The topological polar surface area (TPSA) is 93.3 Å². The molecule has 4 heterocycles. The molecule has 0 spiro atoms. The molecule has 9 nitrogen and oxygen atoms in total. The minimum atomic E-state index is -0.298. The van der Waals surface area contributed by atoms with E-state index in [1.807, 2.05) is 42.3 Å². The summed E-state index contributed by atoms with van der Waals surface area (Å²) in [5, 5.41) is 7.58. The van der Waals surface area contributed by atoms with Gasteiger partial charge in [-0.1, -0.05) is 0 Å². The maximum absolute atomic E-state index is 12.2.